The van der Waals surface area contributed by atoms with E-state index in [-0.39, 0.29) is 0 Å². The van der Waals surface area contributed by atoms with Crippen molar-refractivity contribution in [3.8, 4) is 0 Å². The number of thiol groups is 1. The van der Waals surface area contributed by atoms with Gasteiger partial charge in [-0.25, -0.2) is 0 Å². The summed E-state index contributed by atoms with van der Waals surface area (Å²) in [6.07, 6.45) is 7.90. The molecule has 0 aliphatic heterocycles. The first kappa shape index (κ1) is 17.6. The number of hydrogen-bond acceptors (Lipinski definition) is 4. The summed E-state index contributed by atoms with van der Waals surface area (Å²) in [6, 6.07) is 7.71. The maximum absolute atomic E-state index is 5.59. The van der Waals surface area contributed by atoms with Gasteiger partial charge >= 0.3 is 0 Å². The van der Waals surface area contributed by atoms with Crippen LogP contribution < -0.4 is 0 Å². The van der Waals surface area contributed by atoms with Gasteiger partial charge in [0, 0.05) is 14.7 Å². The van der Waals surface area contributed by atoms with Crippen molar-refractivity contribution in [1.29, 1.82) is 0 Å². The third-order valence-corrected chi connectivity index (χ3v) is 4.47. The lowest BCUT2D eigenvalue weighted by Gasteiger charge is -2.02. The minimum Gasteiger partial charge on any atom is -0.461 e. The van der Waals surface area contributed by atoms with Crippen LogP contribution >= 0.6 is 24.4 Å². The molecule has 120 valence electrons. The molecule has 0 N–H and O–H groups in total. The van der Waals surface area contributed by atoms with Crippen LogP contribution in [0, 0.1) is 13.8 Å². The van der Waals surface area contributed by atoms with Gasteiger partial charge in [0.05, 0.1) is 0 Å². The van der Waals surface area contributed by atoms with Crippen molar-refractivity contribution in [3.05, 3.63) is 83.1 Å². The molecule has 23 heavy (non-hydrogen) atoms. The molecule has 0 amide bonds. The third-order valence-electron chi connectivity index (χ3n) is 3.05. The smallest absolute Gasteiger partial charge is 0.140 e. The molecular formula is C19H20O2S2. The fourth-order valence-corrected chi connectivity index (χ4v) is 2.82. The summed E-state index contributed by atoms with van der Waals surface area (Å²) in [7, 11) is 0. The molecule has 0 saturated carbocycles. The minimum atomic E-state index is 0.764. The lowest BCUT2D eigenvalue weighted by molar-refractivity contribution is 0.524. The summed E-state index contributed by atoms with van der Waals surface area (Å²) in [6.45, 7) is 9.90. The van der Waals surface area contributed by atoms with Crippen molar-refractivity contribution >= 4 is 34.2 Å². The van der Waals surface area contributed by atoms with Crippen molar-refractivity contribution in [2.45, 2.75) is 20.8 Å². The Labute approximate surface area is 147 Å². The van der Waals surface area contributed by atoms with E-state index in [1.165, 1.54) is 0 Å². The summed E-state index contributed by atoms with van der Waals surface area (Å²) in [5.41, 5.74) is 0. The van der Waals surface area contributed by atoms with Gasteiger partial charge in [0.2, 0.25) is 0 Å². The molecule has 0 spiro atoms. The zero-order valence-electron chi connectivity index (χ0n) is 13.5. The summed E-state index contributed by atoms with van der Waals surface area (Å²) < 4.78 is 11.1. The van der Waals surface area contributed by atoms with E-state index in [2.05, 4.69) is 19.2 Å². The minimum absolute atomic E-state index is 0.764. The van der Waals surface area contributed by atoms with Gasteiger partial charge < -0.3 is 8.83 Å². The summed E-state index contributed by atoms with van der Waals surface area (Å²) in [5, 5.41) is 0. The van der Waals surface area contributed by atoms with Crippen molar-refractivity contribution in [2.24, 2.45) is 0 Å². The fourth-order valence-electron chi connectivity index (χ4n) is 1.85. The first-order chi connectivity index (χ1) is 11.0. The Bertz CT molecular complexity index is 773. The second-order valence-electron chi connectivity index (χ2n) is 4.95. The van der Waals surface area contributed by atoms with Crippen molar-refractivity contribution < 1.29 is 8.83 Å². The predicted molar refractivity (Wildman–Crippen MR) is 103 cm³/mol. The summed E-state index contributed by atoms with van der Waals surface area (Å²) in [5.74, 6) is 3.33. The molecular weight excluding hydrogens is 324 g/mol. The van der Waals surface area contributed by atoms with Gasteiger partial charge in [-0.3, -0.25) is 0 Å². The highest BCUT2D eigenvalue weighted by molar-refractivity contribution is 8.11. The van der Waals surface area contributed by atoms with E-state index in [1.807, 2.05) is 69.3 Å². The molecule has 0 saturated heterocycles. The predicted octanol–water partition coefficient (Wildman–Crippen LogP) is 6.62. The Morgan fingerprint density at radius 1 is 1.09 bits per heavy atom. The number of allylic oxidation sites excluding steroid dienone is 4. The second kappa shape index (κ2) is 8.18. The Morgan fingerprint density at radius 3 is 2.22 bits per heavy atom. The molecule has 2 nitrogen and oxygen atoms in total. The van der Waals surface area contributed by atoms with E-state index in [0.717, 1.165) is 37.8 Å². The average Bonchev–Trinajstić information content (AvgIpc) is 3.14. The van der Waals surface area contributed by atoms with E-state index in [9.17, 15) is 0 Å². The van der Waals surface area contributed by atoms with E-state index >= 15 is 0 Å². The van der Waals surface area contributed by atoms with Crippen LogP contribution in [0.15, 0.2) is 68.9 Å². The molecule has 4 heteroatoms. The molecule has 0 atom stereocenters. The standard InChI is InChI=1S/C19H20O2S2/c1-5-16(23-15(4)17-11-9-13(2)20-17)7-6-8-19(22)18-12-10-14(3)21-18/h5-12,22H,4H2,1-3H3/b7-6+,16-5-,19-8-. The van der Waals surface area contributed by atoms with E-state index in [0.29, 0.717) is 0 Å². The molecule has 0 radical (unpaired) electrons. The molecule has 2 aromatic heterocycles. The van der Waals surface area contributed by atoms with Crippen molar-refractivity contribution in [1.82, 2.24) is 0 Å². The van der Waals surface area contributed by atoms with Crippen LogP contribution in [0.5, 0.6) is 0 Å². The maximum Gasteiger partial charge on any atom is 0.140 e. The molecule has 0 bridgehead atoms. The van der Waals surface area contributed by atoms with Crippen LogP contribution in [0.1, 0.15) is 30.0 Å². The zero-order chi connectivity index (χ0) is 16.8. The lowest BCUT2D eigenvalue weighted by Crippen LogP contribution is -1.75. The third kappa shape index (κ3) is 5.12. The van der Waals surface area contributed by atoms with E-state index in [1.54, 1.807) is 11.8 Å². The highest BCUT2D eigenvalue weighted by Gasteiger charge is 2.06. The quantitative estimate of drug-likeness (QED) is 0.471. The molecule has 2 rings (SSSR count). The van der Waals surface area contributed by atoms with Crippen LogP contribution in [0.3, 0.4) is 0 Å². The van der Waals surface area contributed by atoms with Gasteiger partial charge in [0.25, 0.3) is 0 Å². The number of furan rings is 2. The average molecular weight is 345 g/mol. The van der Waals surface area contributed by atoms with Gasteiger partial charge in [-0.1, -0.05) is 30.5 Å². The highest BCUT2D eigenvalue weighted by Crippen LogP contribution is 2.33. The topological polar surface area (TPSA) is 26.3 Å². The number of thioether (sulfide) groups is 1. The normalized spacial score (nSPS) is 13.0. The molecule has 0 fully saturated rings. The molecule has 2 heterocycles. The lowest BCUT2D eigenvalue weighted by atomic mass is 10.3. The molecule has 0 aliphatic carbocycles. The number of aryl methyl sites for hydroxylation is 2. The summed E-state index contributed by atoms with van der Waals surface area (Å²) in [4.78, 5) is 2.75. The maximum atomic E-state index is 5.59. The van der Waals surface area contributed by atoms with E-state index in [4.69, 9.17) is 8.83 Å². The highest BCUT2D eigenvalue weighted by atomic mass is 32.2. The van der Waals surface area contributed by atoms with Crippen LogP contribution in [0.2, 0.25) is 0 Å². The largest absolute Gasteiger partial charge is 0.461 e. The second-order valence-corrected chi connectivity index (χ2v) is 6.60. The SMILES string of the molecule is C=C(SC(=C\C)/C=C/C=C(\S)c1ccc(C)o1)c1ccc(C)o1. The molecule has 0 aromatic carbocycles. The fraction of sp³-hybridized carbons (Fsp3) is 0.158. The van der Waals surface area contributed by atoms with Crippen LogP contribution in [0.25, 0.3) is 9.81 Å². The Hall–Kier alpha value is -1.78. The Morgan fingerprint density at radius 2 is 1.70 bits per heavy atom. The van der Waals surface area contributed by atoms with Crippen molar-refractivity contribution in [3.63, 3.8) is 0 Å². The monoisotopic (exact) mass is 344 g/mol. The molecule has 0 aliphatic rings. The van der Waals surface area contributed by atoms with Crippen LogP contribution in [-0.4, -0.2) is 0 Å². The number of hydrogen-bond donors (Lipinski definition) is 1. The first-order valence-corrected chi connectivity index (χ1v) is 8.50. The molecule has 2 aromatic rings. The zero-order valence-corrected chi connectivity index (χ0v) is 15.2. The Balaban J connectivity index is 2.00. The van der Waals surface area contributed by atoms with Gasteiger partial charge in [0.1, 0.15) is 23.0 Å². The van der Waals surface area contributed by atoms with Gasteiger partial charge in [-0.2, -0.15) is 0 Å². The van der Waals surface area contributed by atoms with Crippen molar-refractivity contribution in [2.75, 3.05) is 0 Å². The first-order valence-electron chi connectivity index (χ1n) is 7.23. The van der Waals surface area contributed by atoms with Crippen LogP contribution in [-0.2, 0) is 0 Å². The van der Waals surface area contributed by atoms with Crippen LogP contribution in [0.4, 0.5) is 0 Å². The van der Waals surface area contributed by atoms with E-state index < -0.39 is 0 Å². The Kier molecular flexibility index (Phi) is 6.25. The van der Waals surface area contributed by atoms with Gasteiger partial charge in [-0.15, -0.1) is 12.6 Å². The number of rotatable bonds is 6. The molecule has 0 unspecified atom stereocenters. The van der Waals surface area contributed by atoms with Gasteiger partial charge in [0.15, 0.2) is 0 Å². The summed E-state index contributed by atoms with van der Waals surface area (Å²) >= 11 is 6.02. The van der Waals surface area contributed by atoms with Gasteiger partial charge in [-0.05, 0) is 57.2 Å².